The number of hydrogen-bond donors (Lipinski definition) is 0. The number of halogens is 2. The van der Waals surface area contributed by atoms with Gasteiger partial charge < -0.3 is 4.74 Å². The monoisotopic (exact) mass is 351 g/mol. The zero-order valence-corrected chi connectivity index (χ0v) is 14.4. The summed E-state index contributed by atoms with van der Waals surface area (Å²) in [6, 6.07) is 3.20. The lowest BCUT2D eigenvalue weighted by Gasteiger charge is -2.23. The van der Waals surface area contributed by atoms with Crippen molar-refractivity contribution in [3.63, 3.8) is 0 Å². The van der Waals surface area contributed by atoms with Crippen LogP contribution < -0.4 is 0 Å². The van der Waals surface area contributed by atoms with Gasteiger partial charge in [0, 0.05) is 30.6 Å². The molecule has 1 fully saturated rings. The van der Waals surface area contributed by atoms with Crippen molar-refractivity contribution in [2.45, 2.75) is 37.1 Å². The molecule has 1 atom stereocenters. The third-order valence-corrected chi connectivity index (χ3v) is 6.11. The Morgan fingerprint density at radius 3 is 2.81 bits per heavy atom. The standard InChI is InChI=1S/C14H19Cl2NO3S/c1-10-9-17(4-3-5-20-10)21(18,19)14-7-13(16)6-12(8-15)11(14)2/h6-7,10H,3-5,8-9H2,1-2H3. The summed E-state index contributed by atoms with van der Waals surface area (Å²) in [6.45, 7) is 5.02. The van der Waals surface area contributed by atoms with Crippen LogP contribution in [0.5, 0.6) is 0 Å². The Kier molecular flexibility index (Phi) is 5.54. The average molecular weight is 352 g/mol. The largest absolute Gasteiger partial charge is 0.377 e. The minimum Gasteiger partial charge on any atom is -0.377 e. The molecular formula is C14H19Cl2NO3S. The molecule has 0 radical (unpaired) electrons. The second kappa shape index (κ2) is 6.84. The van der Waals surface area contributed by atoms with E-state index in [4.69, 9.17) is 27.9 Å². The van der Waals surface area contributed by atoms with E-state index < -0.39 is 10.0 Å². The first-order valence-electron chi connectivity index (χ1n) is 6.83. The zero-order chi connectivity index (χ0) is 15.6. The van der Waals surface area contributed by atoms with E-state index in [0.717, 1.165) is 5.56 Å². The quantitative estimate of drug-likeness (QED) is 0.785. The molecule has 1 heterocycles. The lowest BCUT2D eigenvalue weighted by atomic mass is 10.1. The first kappa shape index (κ1) is 17.0. The summed E-state index contributed by atoms with van der Waals surface area (Å²) in [5.41, 5.74) is 1.40. The molecule has 0 aliphatic carbocycles. The molecule has 118 valence electrons. The lowest BCUT2D eigenvalue weighted by Crippen LogP contribution is -2.36. The van der Waals surface area contributed by atoms with Crippen LogP contribution in [0.25, 0.3) is 0 Å². The zero-order valence-electron chi connectivity index (χ0n) is 12.1. The highest BCUT2D eigenvalue weighted by molar-refractivity contribution is 7.89. The minimum absolute atomic E-state index is 0.116. The van der Waals surface area contributed by atoms with E-state index in [2.05, 4.69) is 0 Å². The van der Waals surface area contributed by atoms with E-state index in [1.807, 2.05) is 6.92 Å². The average Bonchev–Trinajstić information content (AvgIpc) is 2.66. The molecule has 2 rings (SSSR count). The van der Waals surface area contributed by atoms with Crippen molar-refractivity contribution in [1.29, 1.82) is 0 Å². The molecule has 0 spiro atoms. The van der Waals surface area contributed by atoms with Gasteiger partial charge in [0.15, 0.2) is 0 Å². The van der Waals surface area contributed by atoms with E-state index in [1.165, 1.54) is 10.4 Å². The molecule has 0 aromatic heterocycles. The maximum atomic E-state index is 12.9. The van der Waals surface area contributed by atoms with Gasteiger partial charge in [0.1, 0.15) is 0 Å². The second-order valence-electron chi connectivity index (χ2n) is 5.22. The highest BCUT2D eigenvalue weighted by atomic mass is 35.5. The molecule has 1 aromatic carbocycles. The van der Waals surface area contributed by atoms with Gasteiger partial charge in [-0.2, -0.15) is 4.31 Å². The van der Waals surface area contributed by atoms with Crippen LogP contribution in [0.1, 0.15) is 24.5 Å². The predicted octanol–water partition coefficient (Wildman–Crippen LogP) is 3.19. The van der Waals surface area contributed by atoms with Crippen molar-refractivity contribution in [3.05, 3.63) is 28.3 Å². The molecule has 1 saturated heterocycles. The maximum Gasteiger partial charge on any atom is 0.243 e. The topological polar surface area (TPSA) is 46.6 Å². The Balaban J connectivity index is 2.46. The van der Waals surface area contributed by atoms with Gasteiger partial charge in [-0.3, -0.25) is 0 Å². The Labute approximate surface area is 136 Å². The number of sulfonamides is 1. The summed E-state index contributed by atoms with van der Waals surface area (Å²) in [5.74, 6) is 0.231. The van der Waals surface area contributed by atoms with E-state index in [9.17, 15) is 8.42 Å². The Morgan fingerprint density at radius 1 is 1.43 bits per heavy atom. The van der Waals surface area contributed by atoms with Crippen LogP contribution in [0.4, 0.5) is 0 Å². The fourth-order valence-electron chi connectivity index (χ4n) is 2.43. The number of alkyl halides is 1. The van der Waals surface area contributed by atoms with Crippen molar-refractivity contribution < 1.29 is 13.2 Å². The number of hydrogen-bond acceptors (Lipinski definition) is 3. The minimum atomic E-state index is -3.59. The summed E-state index contributed by atoms with van der Waals surface area (Å²) >= 11 is 11.9. The maximum absolute atomic E-state index is 12.9. The fourth-order valence-corrected chi connectivity index (χ4v) is 4.86. The van der Waals surface area contributed by atoms with Gasteiger partial charge in [0.2, 0.25) is 10.0 Å². The van der Waals surface area contributed by atoms with Gasteiger partial charge in [-0.25, -0.2) is 8.42 Å². The molecule has 0 N–H and O–H groups in total. The summed E-state index contributed by atoms with van der Waals surface area (Å²) in [7, 11) is -3.59. The van der Waals surface area contributed by atoms with Crippen LogP contribution in [0.2, 0.25) is 5.02 Å². The Bertz CT molecular complexity index is 619. The van der Waals surface area contributed by atoms with Crippen LogP contribution in [0.3, 0.4) is 0 Å². The summed E-state index contributed by atoms with van der Waals surface area (Å²) < 4.78 is 32.8. The summed E-state index contributed by atoms with van der Waals surface area (Å²) in [5, 5.41) is 0.383. The van der Waals surface area contributed by atoms with Crippen molar-refractivity contribution in [1.82, 2.24) is 4.31 Å². The first-order valence-corrected chi connectivity index (χ1v) is 9.18. The van der Waals surface area contributed by atoms with Crippen LogP contribution in [-0.2, 0) is 20.6 Å². The third-order valence-electron chi connectivity index (χ3n) is 3.61. The van der Waals surface area contributed by atoms with E-state index in [0.29, 0.717) is 36.7 Å². The van der Waals surface area contributed by atoms with Gasteiger partial charge in [-0.15, -0.1) is 11.6 Å². The van der Waals surface area contributed by atoms with Crippen molar-refractivity contribution >= 4 is 33.2 Å². The second-order valence-corrected chi connectivity index (χ2v) is 7.83. The summed E-state index contributed by atoms with van der Waals surface area (Å²) in [4.78, 5) is 0.236. The molecule has 1 aliphatic rings. The van der Waals surface area contributed by atoms with Gasteiger partial charge in [0.25, 0.3) is 0 Å². The van der Waals surface area contributed by atoms with E-state index in [1.54, 1.807) is 13.0 Å². The van der Waals surface area contributed by atoms with Crippen LogP contribution in [0, 0.1) is 6.92 Å². The number of benzene rings is 1. The lowest BCUT2D eigenvalue weighted by molar-refractivity contribution is 0.0752. The van der Waals surface area contributed by atoms with Crippen molar-refractivity contribution in [2.75, 3.05) is 19.7 Å². The Hall–Kier alpha value is -0.330. The number of ether oxygens (including phenoxy) is 1. The fraction of sp³-hybridized carbons (Fsp3) is 0.571. The van der Waals surface area contributed by atoms with Crippen LogP contribution >= 0.6 is 23.2 Å². The van der Waals surface area contributed by atoms with Crippen molar-refractivity contribution in [3.8, 4) is 0 Å². The van der Waals surface area contributed by atoms with Gasteiger partial charge in [0.05, 0.1) is 11.0 Å². The molecule has 4 nitrogen and oxygen atoms in total. The molecule has 1 unspecified atom stereocenters. The molecule has 0 saturated carbocycles. The van der Waals surface area contributed by atoms with Crippen molar-refractivity contribution in [2.24, 2.45) is 0 Å². The molecular weight excluding hydrogens is 333 g/mol. The van der Waals surface area contributed by atoms with Gasteiger partial charge in [-0.1, -0.05) is 11.6 Å². The molecule has 0 amide bonds. The van der Waals surface area contributed by atoms with Gasteiger partial charge >= 0.3 is 0 Å². The smallest absolute Gasteiger partial charge is 0.243 e. The number of nitrogens with zero attached hydrogens (tertiary/aromatic N) is 1. The van der Waals surface area contributed by atoms with E-state index in [-0.39, 0.29) is 16.9 Å². The first-order chi connectivity index (χ1) is 9.86. The highest BCUT2D eigenvalue weighted by Gasteiger charge is 2.30. The molecule has 1 aromatic rings. The normalized spacial score (nSPS) is 21.2. The third kappa shape index (κ3) is 3.71. The van der Waals surface area contributed by atoms with Crippen LogP contribution in [0.15, 0.2) is 17.0 Å². The Morgan fingerprint density at radius 2 is 2.14 bits per heavy atom. The molecule has 1 aliphatic heterocycles. The molecule has 21 heavy (non-hydrogen) atoms. The SMILES string of the molecule is Cc1c(CCl)cc(Cl)cc1S(=O)(=O)N1CCCOC(C)C1. The highest BCUT2D eigenvalue weighted by Crippen LogP contribution is 2.28. The van der Waals surface area contributed by atoms with E-state index >= 15 is 0 Å². The predicted molar refractivity (Wildman–Crippen MR) is 84.5 cm³/mol. The molecule has 7 heteroatoms. The van der Waals surface area contributed by atoms with Crippen LogP contribution in [-0.4, -0.2) is 38.5 Å². The summed E-state index contributed by atoms with van der Waals surface area (Å²) in [6.07, 6.45) is 0.570. The van der Waals surface area contributed by atoms with Gasteiger partial charge in [-0.05, 0) is 43.5 Å². The number of rotatable bonds is 3. The molecule has 0 bridgehead atoms.